The molecule has 0 unspecified atom stereocenters. The van der Waals surface area contributed by atoms with Crippen LogP contribution in [0.15, 0.2) is 191 Å². The predicted molar refractivity (Wildman–Crippen MR) is 238 cm³/mol. The fraction of sp³-hybridized carbons (Fsp3) is 0. The minimum absolute atomic E-state index is 0.542. The van der Waals surface area contributed by atoms with Gasteiger partial charge in [0.2, 0.25) is 0 Å². The number of anilines is 3. The maximum Gasteiger partial charge on any atom is 0.164 e. The first-order chi connectivity index (χ1) is 28.7. The van der Waals surface area contributed by atoms with Gasteiger partial charge in [0.25, 0.3) is 0 Å². The summed E-state index contributed by atoms with van der Waals surface area (Å²) in [6.07, 6.45) is 0. The summed E-state index contributed by atoms with van der Waals surface area (Å²) < 4.78 is 15.5. The van der Waals surface area contributed by atoms with Crippen LogP contribution in [0, 0.1) is 0 Å². The second-order valence-electron chi connectivity index (χ2n) is 14.4. The Hall–Kier alpha value is -7.61. The van der Waals surface area contributed by atoms with Gasteiger partial charge < -0.3 is 13.7 Å². The minimum atomic E-state index is 0.542. The van der Waals surface area contributed by atoms with E-state index in [0.717, 1.165) is 77.6 Å². The maximum atomic E-state index is 6.70. The number of para-hydroxylation sites is 3. The molecule has 0 spiro atoms. The summed E-state index contributed by atoms with van der Waals surface area (Å²) in [5.41, 5.74) is 8.70. The Balaban J connectivity index is 1.14. The molecule has 0 fully saturated rings. The van der Waals surface area contributed by atoms with E-state index in [1.165, 1.54) is 20.2 Å². The molecule has 6 nitrogen and oxygen atoms in total. The monoisotopic (exact) mass is 762 g/mol. The quantitative estimate of drug-likeness (QED) is 0.168. The highest BCUT2D eigenvalue weighted by molar-refractivity contribution is 7.25. The maximum absolute atomic E-state index is 6.70. The van der Waals surface area contributed by atoms with Crippen molar-refractivity contribution in [3.8, 4) is 34.2 Å². The molecule has 0 radical (unpaired) electrons. The Morgan fingerprint density at radius 2 is 0.948 bits per heavy atom. The van der Waals surface area contributed by atoms with E-state index in [1.54, 1.807) is 0 Å². The highest BCUT2D eigenvalue weighted by atomic mass is 32.1. The van der Waals surface area contributed by atoms with Crippen LogP contribution in [-0.2, 0) is 0 Å². The van der Waals surface area contributed by atoms with Crippen molar-refractivity contribution in [3.05, 3.63) is 182 Å². The summed E-state index contributed by atoms with van der Waals surface area (Å²) in [5.74, 6) is 1.68. The highest BCUT2D eigenvalue weighted by Gasteiger charge is 2.24. The van der Waals surface area contributed by atoms with Gasteiger partial charge in [0.1, 0.15) is 22.3 Å². The molecule has 4 aromatic heterocycles. The third-order valence-corrected chi connectivity index (χ3v) is 12.0. The summed E-state index contributed by atoms with van der Waals surface area (Å²) >= 11 is 1.81. The third-order valence-electron chi connectivity index (χ3n) is 10.9. The van der Waals surface area contributed by atoms with Gasteiger partial charge in [0, 0.05) is 75.8 Å². The average molecular weight is 763 g/mol. The largest absolute Gasteiger partial charge is 0.456 e. The molecule has 0 amide bonds. The number of nitrogens with zero attached hydrogens (tertiary/aromatic N) is 4. The van der Waals surface area contributed by atoms with Crippen LogP contribution in [0.5, 0.6) is 0 Å². The molecule has 58 heavy (non-hydrogen) atoms. The molecule has 8 aromatic carbocycles. The van der Waals surface area contributed by atoms with E-state index in [9.17, 15) is 0 Å². The second kappa shape index (κ2) is 13.0. The summed E-state index contributed by atoms with van der Waals surface area (Å²) in [5, 5.41) is 6.42. The van der Waals surface area contributed by atoms with E-state index in [-0.39, 0.29) is 0 Å². The first kappa shape index (κ1) is 32.6. The van der Waals surface area contributed by atoms with Crippen LogP contribution in [0.1, 0.15) is 0 Å². The van der Waals surface area contributed by atoms with Crippen molar-refractivity contribution in [2.24, 2.45) is 0 Å². The van der Waals surface area contributed by atoms with Gasteiger partial charge in [-0.1, -0.05) is 121 Å². The molecule has 0 atom stereocenters. The van der Waals surface area contributed by atoms with Gasteiger partial charge in [-0.3, -0.25) is 0 Å². The molecule has 0 aliphatic heterocycles. The third kappa shape index (κ3) is 5.21. The lowest BCUT2D eigenvalue weighted by Gasteiger charge is -2.26. The Kier molecular flexibility index (Phi) is 7.30. The number of hydrogen-bond acceptors (Lipinski definition) is 7. The van der Waals surface area contributed by atoms with Crippen molar-refractivity contribution < 1.29 is 8.83 Å². The Bertz CT molecular complexity index is 3530. The van der Waals surface area contributed by atoms with E-state index in [2.05, 4.69) is 102 Å². The summed E-state index contributed by atoms with van der Waals surface area (Å²) in [6, 6.07) is 62.6. The van der Waals surface area contributed by atoms with Crippen LogP contribution in [-0.4, -0.2) is 15.0 Å². The fourth-order valence-electron chi connectivity index (χ4n) is 8.32. The SMILES string of the molecule is c1ccc(-c2nc(-c3cccc4oc5ccccc5c34)nc(-c3cc(N(c4ccccc4)c4ccc5c(c4)sc4ccccc45)cc4oc5ccccc5c34)n2)cc1. The number of hydrogen-bond donors (Lipinski definition) is 0. The van der Waals surface area contributed by atoms with Crippen molar-refractivity contribution in [2.45, 2.75) is 0 Å². The van der Waals surface area contributed by atoms with Gasteiger partial charge in [-0.25, -0.2) is 15.0 Å². The number of benzene rings is 8. The normalized spacial score (nSPS) is 11.8. The summed E-state index contributed by atoms with van der Waals surface area (Å²) in [6.45, 7) is 0. The van der Waals surface area contributed by atoms with Gasteiger partial charge in [0.05, 0.1) is 5.69 Å². The molecule has 0 saturated heterocycles. The number of rotatable bonds is 6. The van der Waals surface area contributed by atoms with Crippen molar-refractivity contribution in [1.29, 1.82) is 0 Å². The van der Waals surface area contributed by atoms with Crippen LogP contribution in [0.2, 0.25) is 0 Å². The zero-order valence-electron chi connectivity index (χ0n) is 30.8. The van der Waals surface area contributed by atoms with E-state index in [4.69, 9.17) is 23.8 Å². The lowest BCUT2D eigenvalue weighted by Crippen LogP contribution is -2.10. The number of aromatic nitrogens is 3. The van der Waals surface area contributed by atoms with Gasteiger partial charge in [0.15, 0.2) is 17.5 Å². The molecule has 12 aromatic rings. The van der Waals surface area contributed by atoms with Crippen LogP contribution in [0.25, 0.3) is 98.2 Å². The van der Waals surface area contributed by atoms with Crippen LogP contribution in [0.4, 0.5) is 17.1 Å². The first-order valence-electron chi connectivity index (χ1n) is 19.2. The Labute approximate surface area is 335 Å². The van der Waals surface area contributed by atoms with Gasteiger partial charge in [-0.05, 0) is 54.6 Å². The van der Waals surface area contributed by atoms with Crippen LogP contribution >= 0.6 is 11.3 Å². The Morgan fingerprint density at radius 3 is 1.72 bits per heavy atom. The molecule has 0 aliphatic rings. The molecular formula is C51H30N4O2S. The lowest BCUT2D eigenvalue weighted by atomic mass is 10.0. The minimum Gasteiger partial charge on any atom is -0.456 e. The number of fused-ring (bicyclic) bond motifs is 9. The lowest BCUT2D eigenvalue weighted by molar-refractivity contribution is 0.668. The molecule has 7 heteroatoms. The predicted octanol–water partition coefficient (Wildman–Crippen LogP) is 14.5. The standard InChI is InChI=1S/C51H30N4O2S/c1-3-14-31(15-4-1)49-52-50(39-21-13-24-43-47(39)37-19-7-10-22-41(37)56-43)54-51(53-49)40-28-34(29-44-48(40)38-20-8-11-23-42(38)57-44)55(32-16-5-2-6-17-32)33-26-27-36-35-18-9-12-25-45(35)58-46(36)30-33/h1-30H. The molecule has 0 aliphatic carbocycles. The van der Waals surface area contributed by atoms with Crippen molar-refractivity contribution >= 4 is 92.4 Å². The smallest absolute Gasteiger partial charge is 0.164 e. The van der Waals surface area contributed by atoms with Gasteiger partial charge >= 0.3 is 0 Å². The summed E-state index contributed by atoms with van der Waals surface area (Å²) in [7, 11) is 0. The van der Waals surface area contributed by atoms with Crippen LogP contribution in [0.3, 0.4) is 0 Å². The molecular weight excluding hydrogens is 733 g/mol. The molecule has 12 rings (SSSR count). The van der Waals surface area contributed by atoms with Crippen LogP contribution < -0.4 is 4.90 Å². The van der Waals surface area contributed by atoms with Crippen molar-refractivity contribution in [2.75, 3.05) is 4.90 Å². The van der Waals surface area contributed by atoms with E-state index in [1.807, 2.05) is 96.3 Å². The van der Waals surface area contributed by atoms with E-state index < -0.39 is 0 Å². The zero-order valence-corrected chi connectivity index (χ0v) is 31.7. The molecule has 272 valence electrons. The second-order valence-corrected chi connectivity index (χ2v) is 15.4. The van der Waals surface area contributed by atoms with Gasteiger partial charge in [-0.2, -0.15) is 0 Å². The number of thiophene rings is 1. The van der Waals surface area contributed by atoms with E-state index >= 15 is 0 Å². The van der Waals surface area contributed by atoms with Crippen molar-refractivity contribution in [3.63, 3.8) is 0 Å². The molecule has 0 bridgehead atoms. The topological polar surface area (TPSA) is 68.2 Å². The zero-order chi connectivity index (χ0) is 38.2. The van der Waals surface area contributed by atoms with Gasteiger partial charge in [-0.15, -0.1) is 11.3 Å². The highest BCUT2D eigenvalue weighted by Crippen LogP contribution is 2.45. The molecule has 0 N–H and O–H groups in total. The fourth-order valence-corrected chi connectivity index (χ4v) is 9.46. The van der Waals surface area contributed by atoms with Crippen molar-refractivity contribution in [1.82, 2.24) is 15.0 Å². The molecule has 0 saturated carbocycles. The Morgan fingerprint density at radius 1 is 0.362 bits per heavy atom. The summed E-state index contributed by atoms with van der Waals surface area (Å²) in [4.78, 5) is 18.1. The van der Waals surface area contributed by atoms with E-state index in [0.29, 0.717) is 17.5 Å². The molecule has 4 heterocycles. The number of furan rings is 2. The first-order valence-corrected chi connectivity index (χ1v) is 20.0. The average Bonchev–Trinajstić information content (AvgIpc) is 3.98.